The number of rotatable bonds is 2. The number of urea groups is 1. The number of fused-ring (bicyclic) bond motifs is 1. The standard InChI is InChI=1S/C15H19N7O2/c23-15(21-5-4-20-6-7-24-9-12(20)8-21)19-13-2-1-3-17-14(13)22-11-16-10-18-22/h1-3,10-12H,4-9H2,(H,19,23)/t12-/m0/s1. The largest absolute Gasteiger partial charge is 0.378 e. The molecule has 2 aromatic rings. The Bertz CT molecular complexity index is 706. The third kappa shape index (κ3) is 2.95. The molecule has 2 aliphatic heterocycles. The maximum absolute atomic E-state index is 12.6. The minimum atomic E-state index is -0.130. The molecule has 0 aliphatic carbocycles. The number of anilines is 1. The van der Waals surface area contributed by atoms with Crippen molar-refractivity contribution in [3.8, 4) is 5.82 Å². The highest BCUT2D eigenvalue weighted by atomic mass is 16.5. The van der Waals surface area contributed by atoms with Crippen LogP contribution in [0.1, 0.15) is 0 Å². The van der Waals surface area contributed by atoms with Gasteiger partial charge in [-0.25, -0.2) is 19.4 Å². The van der Waals surface area contributed by atoms with E-state index in [4.69, 9.17) is 4.74 Å². The highest BCUT2D eigenvalue weighted by Gasteiger charge is 2.31. The monoisotopic (exact) mass is 329 g/mol. The van der Waals surface area contributed by atoms with Crippen molar-refractivity contribution >= 4 is 11.7 Å². The van der Waals surface area contributed by atoms with Gasteiger partial charge in [0.25, 0.3) is 0 Å². The molecule has 126 valence electrons. The Morgan fingerprint density at radius 1 is 1.33 bits per heavy atom. The lowest BCUT2D eigenvalue weighted by atomic mass is 10.1. The van der Waals surface area contributed by atoms with Crippen LogP contribution in [-0.2, 0) is 4.74 Å². The molecule has 2 aliphatic rings. The van der Waals surface area contributed by atoms with E-state index in [-0.39, 0.29) is 12.1 Å². The van der Waals surface area contributed by atoms with Gasteiger partial charge < -0.3 is 15.0 Å². The summed E-state index contributed by atoms with van der Waals surface area (Å²) in [5, 5.41) is 7.02. The average molecular weight is 329 g/mol. The van der Waals surface area contributed by atoms with Gasteiger partial charge in [0.1, 0.15) is 12.7 Å². The fraction of sp³-hybridized carbons (Fsp3) is 0.467. The van der Waals surface area contributed by atoms with Gasteiger partial charge in [0.2, 0.25) is 0 Å². The van der Waals surface area contributed by atoms with Crippen LogP contribution in [0.3, 0.4) is 0 Å². The summed E-state index contributed by atoms with van der Waals surface area (Å²) >= 11 is 0. The average Bonchev–Trinajstić information content (AvgIpc) is 3.16. The molecule has 0 saturated carbocycles. The lowest BCUT2D eigenvalue weighted by molar-refractivity contribution is -0.0355. The van der Waals surface area contributed by atoms with Crippen LogP contribution in [0.15, 0.2) is 31.0 Å². The van der Waals surface area contributed by atoms with Crippen molar-refractivity contribution in [1.82, 2.24) is 29.5 Å². The SMILES string of the molecule is O=C(Nc1cccnc1-n1cncn1)N1CCN2CCOC[C@@H]2C1. The third-order valence-electron chi connectivity index (χ3n) is 4.39. The molecule has 0 aromatic carbocycles. The van der Waals surface area contributed by atoms with E-state index in [0.717, 1.165) is 19.7 Å². The van der Waals surface area contributed by atoms with Gasteiger partial charge in [-0.3, -0.25) is 4.90 Å². The minimum Gasteiger partial charge on any atom is -0.378 e. The van der Waals surface area contributed by atoms with Gasteiger partial charge in [-0.15, -0.1) is 0 Å². The number of ether oxygens (including phenoxy) is 1. The number of nitrogens with zero attached hydrogens (tertiary/aromatic N) is 6. The molecule has 2 fully saturated rings. The van der Waals surface area contributed by atoms with Crippen LogP contribution < -0.4 is 5.32 Å². The second-order valence-electron chi connectivity index (χ2n) is 5.86. The van der Waals surface area contributed by atoms with E-state index in [1.54, 1.807) is 18.6 Å². The second kappa shape index (κ2) is 6.54. The molecule has 2 aromatic heterocycles. The number of piperazine rings is 1. The number of morpholine rings is 1. The molecule has 0 spiro atoms. The van der Waals surface area contributed by atoms with Crippen LogP contribution in [0, 0.1) is 0 Å². The van der Waals surface area contributed by atoms with Crippen molar-refractivity contribution in [3.63, 3.8) is 0 Å². The lowest BCUT2D eigenvalue weighted by Gasteiger charge is -2.43. The van der Waals surface area contributed by atoms with E-state index in [1.165, 1.54) is 11.0 Å². The van der Waals surface area contributed by atoms with Crippen molar-refractivity contribution in [2.75, 3.05) is 44.7 Å². The van der Waals surface area contributed by atoms with Crippen LogP contribution in [0.4, 0.5) is 10.5 Å². The third-order valence-corrected chi connectivity index (χ3v) is 4.39. The number of aromatic nitrogens is 4. The Kier molecular flexibility index (Phi) is 4.09. The predicted octanol–water partition coefficient (Wildman–Crippen LogP) is 0.211. The van der Waals surface area contributed by atoms with Crippen molar-refractivity contribution in [1.29, 1.82) is 0 Å². The maximum Gasteiger partial charge on any atom is 0.322 e. The Hall–Kier alpha value is -2.52. The van der Waals surface area contributed by atoms with E-state index in [0.29, 0.717) is 31.2 Å². The fourth-order valence-corrected chi connectivity index (χ4v) is 3.12. The van der Waals surface area contributed by atoms with Crippen LogP contribution in [0.2, 0.25) is 0 Å². The van der Waals surface area contributed by atoms with E-state index in [9.17, 15) is 4.79 Å². The summed E-state index contributed by atoms with van der Waals surface area (Å²) in [6, 6.07) is 3.74. The quantitative estimate of drug-likeness (QED) is 0.847. The second-order valence-corrected chi connectivity index (χ2v) is 5.86. The lowest BCUT2D eigenvalue weighted by Crippen LogP contribution is -2.59. The smallest absolute Gasteiger partial charge is 0.322 e. The molecule has 2 saturated heterocycles. The molecule has 0 bridgehead atoms. The highest BCUT2D eigenvalue weighted by Crippen LogP contribution is 2.18. The number of amides is 2. The molecule has 0 unspecified atom stereocenters. The zero-order valence-corrected chi connectivity index (χ0v) is 13.2. The van der Waals surface area contributed by atoms with Gasteiger partial charge >= 0.3 is 6.03 Å². The molecular formula is C15H19N7O2. The van der Waals surface area contributed by atoms with Crippen molar-refractivity contribution in [3.05, 3.63) is 31.0 Å². The molecule has 2 amide bonds. The first-order valence-corrected chi connectivity index (χ1v) is 7.99. The first-order chi connectivity index (χ1) is 11.8. The van der Waals surface area contributed by atoms with Crippen molar-refractivity contribution < 1.29 is 9.53 Å². The van der Waals surface area contributed by atoms with Crippen LogP contribution in [0.25, 0.3) is 5.82 Å². The maximum atomic E-state index is 12.6. The number of hydrogen-bond acceptors (Lipinski definition) is 6. The summed E-state index contributed by atoms with van der Waals surface area (Å²) in [6.07, 6.45) is 4.64. The summed E-state index contributed by atoms with van der Waals surface area (Å²) in [7, 11) is 0. The van der Waals surface area contributed by atoms with Gasteiger partial charge in [0.05, 0.1) is 24.9 Å². The number of hydrogen-bond donors (Lipinski definition) is 1. The van der Waals surface area contributed by atoms with Gasteiger partial charge in [0, 0.05) is 32.4 Å². The number of pyridine rings is 1. The topological polar surface area (TPSA) is 88.4 Å². The molecule has 4 rings (SSSR count). The van der Waals surface area contributed by atoms with Gasteiger partial charge in [-0.05, 0) is 12.1 Å². The summed E-state index contributed by atoms with van der Waals surface area (Å²) in [5.41, 5.74) is 0.607. The number of nitrogens with one attached hydrogen (secondary N) is 1. The molecular weight excluding hydrogens is 310 g/mol. The Morgan fingerprint density at radius 2 is 2.29 bits per heavy atom. The van der Waals surface area contributed by atoms with Crippen LogP contribution >= 0.6 is 0 Å². The van der Waals surface area contributed by atoms with E-state index in [2.05, 4.69) is 25.3 Å². The highest BCUT2D eigenvalue weighted by molar-refractivity contribution is 5.91. The Balaban J connectivity index is 1.47. The van der Waals surface area contributed by atoms with Gasteiger partial charge in [0.15, 0.2) is 5.82 Å². The predicted molar refractivity (Wildman–Crippen MR) is 85.9 cm³/mol. The van der Waals surface area contributed by atoms with E-state index >= 15 is 0 Å². The first kappa shape index (κ1) is 15.0. The normalized spacial score (nSPS) is 21.3. The summed E-state index contributed by atoms with van der Waals surface area (Å²) in [4.78, 5) is 25.1. The van der Waals surface area contributed by atoms with Gasteiger partial charge in [-0.2, -0.15) is 5.10 Å². The molecule has 0 radical (unpaired) electrons. The zero-order valence-electron chi connectivity index (χ0n) is 13.2. The minimum absolute atomic E-state index is 0.130. The summed E-state index contributed by atoms with van der Waals surface area (Å²) < 4.78 is 7.06. The fourth-order valence-electron chi connectivity index (χ4n) is 3.12. The number of carbonyl (C=O) groups is 1. The van der Waals surface area contributed by atoms with E-state index < -0.39 is 0 Å². The van der Waals surface area contributed by atoms with Gasteiger partial charge in [-0.1, -0.05) is 0 Å². The summed E-state index contributed by atoms with van der Waals surface area (Å²) in [6.45, 7) is 4.66. The molecule has 4 heterocycles. The Labute approximate surface area is 139 Å². The zero-order chi connectivity index (χ0) is 16.4. The number of carbonyl (C=O) groups excluding carboxylic acids is 1. The Morgan fingerprint density at radius 3 is 3.17 bits per heavy atom. The van der Waals surface area contributed by atoms with Crippen LogP contribution in [0.5, 0.6) is 0 Å². The molecule has 1 N–H and O–H groups in total. The van der Waals surface area contributed by atoms with Crippen molar-refractivity contribution in [2.45, 2.75) is 6.04 Å². The molecule has 1 atom stereocenters. The molecule has 9 heteroatoms. The van der Waals surface area contributed by atoms with Crippen LogP contribution in [-0.4, -0.2) is 81.0 Å². The van der Waals surface area contributed by atoms with Crippen molar-refractivity contribution in [2.24, 2.45) is 0 Å². The molecule has 24 heavy (non-hydrogen) atoms. The summed E-state index contributed by atoms with van der Waals surface area (Å²) in [5.74, 6) is 0.544. The van der Waals surface area contributed by atoms with E-state index in [1.807, 2.05) is 11.0 Å². The molecule has 9 nitrogen and oxygen atoms in total. The first-order valence-electron chi connectivity index (χ1n) is 7.99.